The zero-order valence-corrected chi connectivity index (χ0v) is 14.5. The number of pyridine rings is 1. The molecule has 5 nitrogen and oxygen atoms in total. The van der Waals surface area contributed by atoms with Gasteiger partial charge in [-0.25, -0.2) is 4.98 Å². The molecule has 2 aromatic rings. The van der Waals surface area contributed by atoms with Gasteiger partial charge in [-0.3, -0.25) is 4.90 Å². The zero-order chi connectivity index (χ0) is 17.9. The van der Waals surface area contributed by atoms with Crippen LogP contribution in [0.1, 0.15) is 24.0 Å². The van der Waals surface area contributed by atoms with Crippen LogP contribution in [0.15, 0.2) is 36.5 Å². The minimum Gasteiger partial charge on any atom is -0.493 e. The monoisotopic (exact) mass is 346 g/mol. The molecule has 25 heavy (non-hydrogen) atoms. The minimum absolute atomic E-state index is 0.292. The van der Waals surface area contributed by atoms with Gasteiger partial charge >= 0.3 is 0 Å². The van der Waals surface area contributed by atoms with E-state index < -0.39 is 11.5 Å². The summed E-state index contributed by atoms with van der Waals surface area (Å²) in [6.45, 7) is 2.10. The number of aliphatic hydroxyl groups is 1. The molecular formula is C19H23FN2O3. The van der Waals surface area contributed by atoms with E-state index in [1.165, 1.54) is 6.20 Å². The van der Waals surface area contributed by atoms with Gasteiger partial charge in [-0.1, -0.05) is 12.1 Å². The maximum Gasteiger partial charge on any atom is 0.218 e. The van der Waals surface area contributed by atoms with E-state index in [0.717, 1.165) is 12.1 Å². The molecule has 1 N–H and O–H groups in total. The summed E-state index contributed by atoms with van der Waals surface area (Å²) < 4.78 is 24.5. The van der Waals surface area contributed by atoms with Crippen LogP contribution in [-0.2, 0) is 12.1 Å². The minimum atomic E-state index is -1.15. The number of rotatable bonds is 5. The Kier molecular flexibility index (Phi) is 5.20. The number of hydrogen-bond donors (Lipinski definition) is 1. The summed E-state index contributed by atoms with van der Waals surface area (Å²) in [6, 6.07) is 9.13. The van der Waals surface area contributed by atoms with E-state index in [4.69, 9.17) is 9.47 Å². The number of benzene rings is 1. The van der Waals surface area contributed by atoms with Crippen LogP contribution in [0.3, 0.4) is 0 Å². The Morgan fingerprint density at radius 2 is 1.88 bits per heavy atom. The van der Waals surface area contributed by atoms with Crippen LogP contribution in [0.25, 0.3) is 0 Å². The van der Waals surface area contributed by atoms with Gasteiger partial charge in [0.05, 0.1) is 19.8 Å². The van der Waals surface area contributed by atoms with E-state index in [-0.39, 0.29) is 0 Å². The fourth-order valence-corrected chi connectivity index (χ4v) is 3.32. The molecule has 1 fully saturated rings. The van der Waals surface area contributed by atoms with Crippen molar-refractivity contribution in [2.75, 3.05) is 27.3 Å². The Hall–Kier alpha value is -2.18. The maximum atomic E-state index is 13.9. The standard InChI is InChI=1S/C19H23FN2O3/c1-24-16-6-5-14(12-17(16)25-2)13-22-10-7-19(23,8-11-22)15-4-3-9-21-18(15)20/h3-6,9,12,23H,7-8,10-11,13H2,1-2H3. The maximum absolute atomic E-state index is 13.9. The molecule has 2 heterocycles. The van der Waals surface area contributed by atoms with Crippen molar-refractivity contribution in [2.24, 2.45) is 0 Å². The van der Waals surface area contributed by atoms with Crippen LogP contribution in [-0.4, -0.2) is 42.3 Å². The quantitative estimate of drug-likeness (QED) is 0.844. The van der Waals surface area contributed by atoms with Crippen molar-refractivity contribution in [1.29, 1.82) is 0 Å². The molecule has 1 aromatic carbocycles. The van der Waals surface area contributed by atoms with E-state index >= 15 is 0 Å². The van der Waals surface area contributed by atoms with E-state index in [9.17, 15) is 9.50 Å². The Labute approximate surface area is 147 Å². The third-order valence-corrected chi connectivity index (χ3v) is 4.80. The van der Waals surface area contributed by atoms with Gasteiger partial charge in [-0.2, -0.15) is 4.39 Å². The van der Waals surface area contributed by atoms with E-state index in [2.05, 4.69) is 9.88 Å². The summed E-state index contributed by atoms with van der Waals surface area (Å²) in [7, 11) is 3.23. The van der Waals surface area contributed by atoms with Crippen LogP contribution < -0.4 is 9.47 Å². The predicted octanol–water partition coefficient (Wildman–Crippen LogP) is 2.72. The fraction of sp³-hybridized carbons (Fsp3) is 0.421. The second-order valence-electron chi connectivity index (χ2n) is 6.34. The fourth-order valence-electron chi connectivity index (χ4n) is 3.32. The van der Waals surface area contributed by atoms with Crippen LogP contribution in [0.4, 0.5) is 4.39 Å². The molecule has 0 unspecified atom stereocenters. The van der Waals surface area contributed by atoms with Crippen LogP contribution in [0.5, 0.6) is 11.5 Å². The predicted molar refractivity (Wildman–Crippen MR) is 92.1 cm³/mol. The lowest BCUT2D eigenvalue weighted by Crippen LogP contribution is -2.42. The van der Waals surface area contributed by atoms with Crippen molar-refractivity contribution in [3.05, 3.63) is 53.6 Å². The molecule has 6 heteroatoms. The van der Waals surface area contributed by atoms with Crippen molar-refractivity contribution in [2.45, 2.75) is 25.0 Å². The Morgan fingerprint density at radius 3 is 2.52 bits per heavy atom. The summed E-state index contributed by atoms with van der Waals surface area (Å²) in [5.41, 5.74) is 0.253. The number of halogens is 1. The second kappa shape index (κ2) is 7.37. The smallest absolute Gasteiger partial charge is 0.218 e. The molecule has 1 aromatic heterocycles. The molecule has 1 aliphatic heterocycles. The van der Waals surface area contributed by atoms with Crippen LogP contribution >= 0.6 is 0 Å². The SMILES string of the molecule is COc1ccc(CN2CCC(O)(c3cccnc3F)CC2)cc1OC. The van der Waals surface area contributed by atoms with Crippen LogP contribution in [0, 0.1) is 5.95 Å². The number of hydrogen-bond acceptors (Lipinski definition) is 5. The number of piperidine rings is 1. The number of ether oxygens (including phenoxy) is 2. The van der Waals surface area contributed by atoms with Gasteiger partial charge in [0.25, 0.3) is 0 Å². The number of likely N-dealkylation sites (tertiary alicyclic amines) is 1. The average Bonchev–Trinajstić information content (AvgIpc) is 2.64. The first-order chi connectivity index (χ1) is 12.1. The highest BCUT2D eigenvalue weighted by Gasteiger charge is 2.36. The third-order valence-electron chi connectivity index (χ3n) is 4.80. The number of methoxy groups -OCH3 is 2. The van der Waals surface area contributed by atoms with Gasteiger partial charge in [0, 0.05) is 31.4 Å². The molecule has 0 bridgehead atoms. The first-order valence-electron chi connectivity index (χ1n) is 8.32. The van der Waals surface area contributed by atoms with Crippen LogP contribution in [0.2, 0.25) is 0 Å². The van der Waals surface area contributed by atoms with Gasteiger partial charge in [-0.15, -0.1) is 0 Å². The van der Waals surface area contributed by atoms with Crippen molar-refractivity contribution < 1.29 is 19.0 Å². The van der Waals surface area contributed by atoms with Crippen molar-refractivity contribution in [1.82, 2.24) is 9.88 Å². The van der Waals surface area contributed by atoms with Gasteiger partial charge in [-0.05, 0) is 36.6 Å². The normalized spacial score (nSPS) is 17.3. The molecule has 0 atom stereocenters. The lowest BCUT2D eigenvalue weighted by Gasteiger charge is -2.38. The molecule has 0 amide bonds. The van der Waals surface area contributed by atoms with Gasteiger partial charge in [0.1, 0.15) is 0 Å². The zero-order valence-electron chi connectivity index (χ0n) is 14.5. The largest absolute Gasteiger partial charge is 0.493 e. The van der Waals surface area contributed by atoms with Crippen molar-refractivity contribution in [3.63, 3.8) is 0 Å². The Morgan fingerprint density at radius 1 is 1.16 bits per heavy atom. The topological polar surface area (TPSA) is 54.8 Å². The number of aromatic nitrogens is 1. The molecule has 1 aliphatic rings. The number of nitrogens with zero attached hydrogens (tertiary/aromatic N) is 2. The second-order valence-corrected chi connectivity index (χ2v) is 6.34. The highest BCUT2D eigenvalue weighted by Crippen LogP contribution is 2.34. The lowest BCUT2D eigenvalue weighted by atomic mass is 9.85. The summed E-state index contributed by atoms with van der Waals surface area (Å²) in [5.74, 6) is 0.815. The lowest BCUT2D eigenvalue weighted by molar-refractivity contribution is -0.0308. The van der Waals surface area contributed by atoms with E-state index in [1.807, 2.05) is 18.2 Å². The van der Waals surface area contributed by atoms with Crippen molar-refractivity contribution in [3.8, 4) is 11.5 Å². The van der Waals surface area contributed by atoms with E-state index in [0.29, 0.717) is 43.0 Å². The summed E-state index contributed by atoms with van der Waals surface area (Å²) in [5, 5.41) is 10.8. The molecule has 3 rings (SSSR count). The highest BCUT2D eigenvalue weighted by atomic mass is 19.1. The first kappa shape index (κ1) is 17.6. The third kappa shape index (κ3) is 3.75. The van der Waals surface area contributed by atoms with Gasteiger partial charge in [0.15, 0.2) is 11.5 Å². The first-order valence-corrected chi connectivity index (χ1v) is 8.32. The molecule has 0 aliphatic carbocycles. The molecule has 0 spiro atoms. The molecule has 0 radical (unpaired) electrons. The Bertz CT molecular complexity index is 730. The van der Waals surface area contributed by atoms with Gasteiger partial charge < -0.3 is 14.6 Å². The van der Waals surface area contributed by atoms with E-state index in [1.54, 1.807) is 26.4 Å². The molecule has 1 saturated heterocycles. The average molecular weight is 346 g/mol. The molecular weight excluding hydrogens is 323 g/mol. The summed E-state index contributed by atoms with van der Waals surface area (Å²) in [6.07, 6.45) is 2.35. The molecule has 0 saturated carbocycles. The highest BCUT2D eigenvalue weighted by molar-refractivity contribution is 5.42. The summed E-state index contributed by atoms with van der Waals surface area (Å²) in [4.78, 5) is 5.90. The van der Waals surface area contributed by atoms with Crippen molar-refractivity contribution >= 4 is 0 Å². The Balaban J connectivity index is 1.66. The summed E-state index contributed by atoms with van der Waals surface area (Å²) >= 11 is 0. The van der Waals surface area contributed by atoms with Gasteiger partial charge in [0.2, 0.25) is 5.95 Å². The molecule has 134 valence electrons.